The van der Waals surface area contributed by atoms with Crippen LogP contribution in [0.4, 0.5) is 11.4 Å². The zero-order chi connectivity index (χ0) is 28.5. The molecule has 0 fully saturated rings. The molecule has 2 N–H and O–H groups in total. The predicted octanol–water partition coefficient (Wildman–Crippen LogP) is 4.24. The second-order valence-corrected chi connectivity index (χ2v) is 9.66. The topological polar surface area (TPSA) is 158 Å². The molecule has 1 heterocycles. The van der Waals surface area contributed by atoms with E-state index in [-0.39, 0.29) is 35.4 Å². The Labute approximate surface area is 229 Å². The quantitative estimate of drug-likeness (QED) is 0.144. The van der Waals surface area contributed by atoms with Gasteiger partial charge in [0.15, 0.2) is 11.0 Å². The van der Waals surface area contributed by atoms with Crippen molar-refractivity contribution in [2.45, 2.75) is 45.4 Å². The maximum atomic E-state index is 12.9. The first-order chi connectivity index (χ1) is 18.6. The number of nitrogens with zero attached hydrogens (tertiary/aromatic N) is 4. The number of non-ortho nitro benzene ring substituents is 1. The Hall–Kier alpha value is -4.26. The summed E-state index contributed by atoms with van der Waals surface area (Å²) in [6, 6.07) is 11.4. The minimum absolute atomic E-state index is 0.0597. The molecule has 1 atom stereocenters. The van der Waals surface area contributed by atoms with E-state index in [4.69, 9.17) is 4.74 Å². The zero-order valence-corrected chi connectivity index (χ0v) is 22.9. The summed E-state index contributed by atoms with van der Waals surface area (Å²) in [5.41, 5.74) is 0.923. The van der Waals surface area contributed by atoms with Crippen LogP contribution >= 0.6 is 11.8 Å². The van der Waals surface area contributed by atoms with Crippen LogP contribution in [0.1, 0.15) is 60.3 Å². The Bertz CT molecular complexity index is 1340. The molecule has 206 valence electrons. The molecule has 0 aliphatic rings. The predicted molar refractivity (Wildman–Crippen MR) is 146 cm³/mol. The molecule has 0 aliphatic carbocycles. The summed E-state index contributed by atoms with van der Waals surface area (Å²) in [6.07, 6.45) is 0. The average molecular weight is 555 g/mol. The highest BCUT2D eigenvalue weighted by Crippen LogP contribution is 2.26. The van der Waals surface area contributed by atoms with Gasteiger partial charge in [-0.15, -0.1) is 10.2 Å². The number of hydrogen-bond acceptors (Lipinski definition) is 9. The number of hydrogen-bond donors (Lipinski definition) is 2. The molecular weight excluding hydrogens is 524 g/mol. The fraction of sp³-hybridized carbons (Fsp3) is 0.346. The van der Waals surface area contributed by atoms with Crippen molar-refractivity contribution in [1.82, 2.24) is 20.1 Å². The molecule has 2 aromatic carbocycles. The number of aromatic nitrogens is 3. The van der Waals surface area contributed by atoms with Crippen LogP contribution in [0.3, 0.4) is 0 Å². The van der Waals surface area contributed by atoms with Crippen LogP contribution in [-0.2, 0) is 16.1 Å². The van der Waals surface area contributed by atoms with Crippen LogP contribution in [0.25, 0.3) is 0 Å². The molecule has 13 heteroatoms. The summed E-state index contributed by atoms with van der Waals surface area (Å²) in [6.45, 7) is 8.24. The molecule has 0 saturated carbocycles. The number of carbonyl (C=O) groups excluding carboxylic acids is 3. The van der Waals surface area contributed by atoms with Crippen molar-refractivity contribution < 1.29 is 24.0 Å². The van der Waals surface area contributed by atoms with E-state index in [1.165, 1.54) is 36.0 Å². The van der Waals surface area contributed by atoms with Gasteiger partial charge in [0.05, 0.1) is 28.9 Å². The van der Waals surface area contributed by atoms with Gasteiger partial charge in [-0.3, -0.25) is 19.7 Å². The van der Waals surface area contributed by atoms with Crippen LogP contribution < -0.4 is 10.6 Å². The van der Waals surface area contributed by atoms with E-state index >= 15 is 0 Å². The third-order valence-electron chi connectivity index (χ3n) is 5.62. The molecule has 3 rings (SSSR count). The van der Waals surface area contributed by atoms with Crippen LogP contribution in [-0.4, -0.2) is 49.8 Å². The molecule has 0 bridgehead atoms. The van der Waals surface area contributed by atoms with E-state index in [9.17, 15) is 24.5 Å². The highest BCUT2D eigenvalue weighted by Gasteiger charge is 2.26. The first-order valence-electron chi connectivity index (χ1n) is 12.3. The number of ether oxygens (including phenoxy) is 1. The smallest absolute Gasteiger partial charge is 0.338 e. The van der Waals surface area contributed by atoms with Crippen molar-refractivity contribution in [3.8, 4) is 0 Å². The maximum absolute atomic E-state index is 12.9. The Morgan fingerprint density at radius 3 is 2.41 bits per heavy atom. The first-order valence-corrected chi connectivity index (χ1v) is 13.3. The monoisotopic (exact) mass is 554 g/mol. The number of benzene rings is 2. The SMILES string of the molecule is CCOC(=O)c1ccc(NC(=O)CSc2nnc([C@@H](NC(=O)c3cccc([N+](=O)[O-])c3)C(C)C)n2CC)cc1. The van der Waals surface area contributed by atoms with Gasteiger partial charge in [0.2, 0.25) is 5.91 Å². The minimum atomic E-state index is -0.553. The number of rotatable bonds is 12. The number of nitro benzene ring substituents is 1. The van der Waals surface area contributed by atoms with Gasteiger partial charge in [-0.25, -0.2) is 4.79 Å². The van der Waals surface area contributed by atoms with Crippen molar-refractivity contribution in [2.24, 2.45) is 5.92 Å². The normalized spacial score (nSPS) is 11.6. The third-order valence-corrected chi connectivity index (χ3v) is 6.59. The largest absolute Gasteiger partial charge is 0.462 e. The lowest BCUT2D eigenvalue weighted by atomic mass is 10.0. The highest BCUT2D eigenvalue weighted by molar-refractivity contribution is 7.99. The number of anilines is 1. The van der Waals surface area contributed by atoms with Gasteiger partial charge in [-0.2, -0.15) is 0 Å². The summed E-state index contributed by atoms with van der Waals surface area (Å²) in [5, 5.41) is 25.8. The Balaban J connectivity index is 1.67. The standard InChI is InChI=1S/C26H30N6O6S/c1-5-31-23(22(16(3)4)28-24(34)18-8-7-9-20(14-18)32(36)37)29-30-26(31)39-15-21(33)27-19-12-10-17(11-13-19)25(35)38-6-2/h7-14,16,22H,5-6,15H2,1-4H3,(H,27,33)(H,28,34)/t22-/m0/s1. The minimum Gasteiger partial charge on any atom is -0.462 e. The van der Waals surface area contributed by atoms with Gasteiger partial charge in [0.1, 0.15) is 0 Å². The molecule has 0 aliphatic heterocycles. The molecular formula is C26H30N6O6S. The molecule has 39 heavy (non-hydrogen) atoms. The van der Waals surface area contributed by atoms with Crippen LogP contribution in [0, 0.1) is 16.0 Å². The molecule has 0 unspecified atom stereocenters. The summed E-state index contributed by atoms with van der Waals surface area (Å²) in [4.78, 5) is 47.8. The highest BCUT2D eigenvalue weighted by atomic mass is 32.2. The molecule has 12 nitrogen and oxygen atoms in total. The number of thioether (sulfide) groups is 1. The van der Waals surface area contributed by atoms with Crippen molar-refractivity contribution in [3.63, 3.8) is 0 Å². The summed E-state index contributed by atoms with van der Waals surface area (Å²) in [5.74, 6) is -0.656. The van der Waals surface area contributed by atoms with Gasteiger partial charge in [-0.1, -0.05) is 31.7 Å². The summed E-state index contributed by atoms with van der Waals surface area (Å²) >= 11 is 1.20. The van der Waals surface area contributed by atoms with Crippen molar-refractivity contribution in [1.29, 1.82) is 0 Å². The fourth-order valence-electron chi connectivity index (χ4n) is 3.68. The van der Waals surface area contributed by atoms with E-state index in [0.29, 0.717) is 28.8 Å². The lowest BCUT2D eigenvalue weighted by Gasteiger charge is -2.22. The maximum Gasteiger partial charge on any atom is 0.338 e. The Kier molecular flexibility index (Phi) is 10.1. The molecule has 0 saturated heterocycles. The van der Waals surface area contributed by atoms with Crippen molar-refractivity contribution in [2.75, 3.05) is 17.7 Å². The number of amides is 2. The zero-order valence-electron chi connectivity index (χ0n) is 22.0. The van der Waals surface area contributed by atoms with Crippen LogP contribution in [0.15, 0.2) is 53.7 Å². The molecule has 0 radical (unpaired) electrons. The molecule has 0 spiro atoms. The van der Waals surface area contributed by atoms with E-state index in [1.54, 1.807) is 31.2 Å². The Morgan fingerprint density at radius 1 is 1.08 bits per heavy atom. The number of nitro groups is 1. The third kappa shape index (κ3) is 7.63. The van der Waals surface area contributed by atoms with Gasteiger partial charge in [-0.05, 0) is 50.1 Å². The molecule has 2 amide bonds. The second kappa shape index (κ2) is 13.5. The van der Waals surface area contributed by atoms with Crippen LogP contribution in [0.5, 0.6) is 0 Å². The number of carbonyl (C=O) groups is 3. The second-order valence-electron chi connectivity index (χ2n) is 8.72. The van der Waals surface area contributed by atoms with E-state index in [0.717, 1.165) is 0 Å². The fourth-order valence-corrected chi connectivity index (χ4v) is 4.49. The Morgan fingerprint density at radius 2 is 1.79 bits per heavy atom. The van der Waals surface area contributed by atoms with Crippen molar-refractivity contribution in [3.05, 3.63) is 75.6 Å². The summed E-state index contributed by atoms with van der Waals surface area (Å²) in [7, 11) is 0. The number of esters is 1. The lowest BCUT2D eigenvalue weighted by Crippen LogP contribution is -2.33. The first kappa shape index (κ1) is 29.3. The van der Waals surface area contributed by atoms with Crippen LogP contribution in [0.2, 0.25) is 0 Å². The average Bonchev–Trinajstić information content (AvgIpc) is 3.33. The van der Waals surface area contributed by atoms with Gasteiger partial charge in [0.25, 0.3) is 11.6 Å². The number of nitrogens with one attached hydrogen (secondary N) is 2. The van der Waals surface area contributed by atoms with E-state index in [1.807, 2.05) is 25.3 Å². The molecule has 1 aromatic heterocycles. The lowest BCUT2D eigenvalue weighted by molar-refractivity contribution is -0.384. The van der Waals surface area contributed by atoms with Gasteiger partial charge in [0, 0.05) is 29.9 Å². The van der Waals surface area contributed by atoms with Gasteiger partial charge >= 0.3 is 5.97 Å². The molecule has 3 aromatic rings. The van der Waals surface area contributed by atoms with Gasteiger partial charge < -0.3 is 19.9 Å². The van der Waals surface area contributed by atoms with E-state index in [2.05, 4.69) is 20.8 Å². The van der Waals surface area contributed by atoms with E-state index < -0.39 is 22.8 Å². The summed E-state index contributed by atoms with van der Waals surface area (Å²) < 4.78 is 6.78. The van der Waals surface area contributed by atoms with Crippen molar-refractivity contribution >= 4 is 40.9 Å².